The van der Waals surface area contributed by atoms with Gasteiger partial charge in [0.1, 0.15) is 5.82 Å². The molecule has 0 radical (unpaired) electrons. The molecule has 0 spiro atoms. The number of carbonyl (C=O) groups is 1. The van der Waals surface area contributed by atoms with Crippen molar-refractivity contribution in [2.24, 2.45) is 0 Å². The zero-order valence-corrected chi connectivity index (χ0v) is 10.8. The molecule has 1 N–H and O–H groups in total. The summed E-state index contributed by atoms with van der Waals surface area (Å²) in [4.78, 5) is 14.9. The summed E-state index contributed by atoms with van der Waals surface area (Å²) in [5.74, 6) is 0.0709. The van der Waals surface area contributed by atoms with E-state index in [0.717, 1.165) is 36.0 Å². The van der Waals surface area contributed by atoms with Crippen molar-refractivity contribution in [2.75, 3.05) is 0 Å². The quantitative estimate of drug-likeness (QED) is 0.837. The van der Waals surface area contributed by atoms with E-state index in [2.05, 4.69) is 11.9 Å². The van der Waals surface area contributed by atoms with Gasteiger partial charge in [-0.2, -0.15) is 0 Å². The van der Waals surface area contributed by atoms with E-state index < -0.39 is 5.97 Å². The van der Waals surface area contributed by atoms with Crippen molar-refractivity contribution in [1.29, 1.82) is 0 Å². The first-order chi connectivity index (χ1) is 9.20. The summed E-state index contributed by atoms with van der Waals surface area (Å²) in [6.07, 6.45) is 8.38. The smallest absolute Gasteiger partial charge is 0.328 e. The molecule has 1 heterocycles. The van der Waals surface area contributed by atoms with Crippen LogP contribution >= 0.6 is 0 Å². The lowest BCUT2D eigenvalue weighted by atomic mass is 10.2. The molecule has 0 fully saturated rings. The Morgan fingerprint density at radius 3 is 3.05 bits per heavy atom. The highest BCUT2D eigenvalue weighted by atomic mass is 16.4. The van der Waals surface area contributed by atoms with Crippen LogP contribution in [0.15, 0.2) is 42.7 Å². The van der Waals surface area contributed by atoms with Crippen LogP contribution in [-0.4, -0.2) is 20.6 Å². The van der Waals surface area contributed by atoms with Gasteiger partial charge in [-0.05, 0) is 30.2 Å². The van der Waals surface area contributed by atoms with Gasteiger partial charge in [0.2, 0.25) is 0 Å². The minimum atomic E-state index is -0.945. The fourth-order valence-corrected chi connectivity index (χ4v) is 1.92. The van der Waals surface area contributed by atoms with Gasteiger partial charge in [0, 0.05) is 30.6 Å². The van der Waals surface area contributed by atoms with E-state index in [9.17, 15) is 4.79 Å². The number of rotatable bonds is 5. The van der Waals surface area contributed by atoms with Gasteiger partial charge in [-0.1, -0.05) is 19.1 Å². The Morgan fingerprint density at radius 2 is 2.32 bits per heavy atom. The van der Waals surface area contributed by atoms with E-state index in [1.54, 1.807) is 12.3 Å². The number of aromatic nitrogens is 2. The number of carboxylic acids is 1. The predicted octanol–water partition coefficient (Wildman–Crippen LogP) is 2.92. The average Bonchev–Trinajstić information content (AvgIpc) is 2.85. The Morgan fingerprint density at radius 1 is 1.47 bits per heavy atom. The van der Waals surface area contributed by atoms with Crippen molar-refractivity contribution < 1.29 is 9.90 Å². The molecule has 0 saturated heterocycles. The fraction of sp³-hybridized carbons (Fsp3) is 0.200. The number of aliphatic carboxylic acids is 1. The Balaban J connectivity index is 2.32. The minimum Gasteiger partial charge on any atom is -0.478 e. The summed E-state index contributed by atoms with van der Waals surface area (Å²) in [6, 6.07) is 7.71. The van der Waals surface area contributed by atoms with Crippen LogP contribution in [0.2, 0.25) is 0 Å². The highest BCUT2D eigenvalue weighted by Crippen LogP contribution is 2.15. The van der Waals surface area contributed by atoms with E-state index in [4.69, 9.17) is 5.11 Å². The maximum atomic E-state index is 10.5. The fourth-order valence-electron chi connectivity index (χ4n) is 1.92. The van der Waals surface area contributed by atoms with Crippen LogP contribution in [0.5, 0.6) is 0 Å². The van der Waals surface area contributed by atoms with Crippen LogP contribution in [0.25, 0.3) is 11.8 Å². The predicted molar refractivity (Wildman–Crippen MR) is 74.2 cm³/mol. The molecule has 2 aromatic rings. The molecule has 0 aliphatic heterocycles. The van der Waals surface area contributed by atoms with Gasteiger partial charge < -0.3 is 9.67 Å². The number of hydrogen-bond donors (Lipinski definition) is 1. The summed E-state index contributed by atoms with van der Waals surface area (Å²) in [7, 11) is 0. The van der Waals surface area contributed by atoms with E-state index in [1.165, 1.54) is 0 Å². The minimum absolute atomic E-state index is 0.857. The first kappa shape index (κ1) is 13.1. The maximum Gasteiger partial charge on any atom is 0.328 e. The molecule has 0 unspecified atom stereocenters. The molecule has 0 aliphatic carbocycles. The molecule has 0 atom stereocenters. The van der Waals surface area contributed by atoms with Gasteiger partial charge in [0.15, 0.2) is 0 Å². The number of nitrogens with zero attached hydrogens (tertiary/aromatic N) is 2. The molecule has 1 aromatic heterocycles. The molecule has 19 heavy (non-hydrogen) atoms. The normalized spacial score (nSPS) is 11.0. The van der Waals surface area contributed by atoms with Crippen LogP contribution in [0, 0.1) is 0 Å². The summed E-state index contributed by atoms with van der Waals surface area (Å²) in [6.45, 7) is 2.12. The first-order valence-corrected chi connectivity index (χ1v) is 6.24. The topological polar surface area (TPSA) is 55.1 Å². The summed E-state index contributed by atoms with van der Waals surface area (Å²) >= 11 is 0. The van der Waals surface area contributed by atoms with Gasteiger partial charge in [-0.3, -0.25) is 0 Å². The lowest BCUT2D eigenvalue weighted by Crippen LogP contribution is -2.00. The van der Waals surface area contributed by atoms with Crippen molar-refractivity contribution in [2.45, 2.75) is 19.8 Å². The molecule has 4 heteroatoms. The van der Waals surface area contributed by atoms with E-state index >= 15 is 0 Å². The van der Waals surface area contributed by atoms with Crippen LogP contribution in [0.1, 0.15) is 24.7 Å². The number of hydrogen-bond acceptors (Lipinski definition) is 2. The Kier molecular flexibility index (Phi) is 4.13. The second kappa shape index (κ2) is 6.00. The second-order valence-corrected chi connectivity index (χ2v) is 4.23. The van der Waals surface area contributed by atoms with E-state index in [-0.39, 0.29) is 0 Å². The molecule has 0 amide bonds. The third-order valence-corrected chi connectivity index (χ3v) is 2.76. The molecule has 1 aromatic carbocycles. The maximum absolute atomic E-state index is 10.5. The van der Waals surface area contributed by atoms with Gasteiger partial charge >= 0.3 is 5.97 Å². The monoisotopic (exact) mass is 256 g/mol. The van der Waals surface area contributed by atoms with Crippen LogP contribution in [0.3, 0.4) is 0 Å². The first-order valence-electron chi connectivity index (χ1n) is 6.24. The molecule has 4 nitrogen and oxygen atoms in total. The number of benzene rings is 1. The van der Waals surface area contributed by atoms with Crippen molar-refractivity contribution >= 4 is 12.0 Å². The van der Waals surface area contributed by atoms with Gasteiger partial charge in [0.05, 0.1) is 0 Å². The molecule has 0 saturated carbocycles. The van der Waals surface area contributed by atoms with Crippen molar-refractivity contribution in [3.8, 4) is 5.69 Å². The van der Waals surface area contributed by atoms with E-state index in [0.29, 0.717) is 0 Å². The highest BCUT2D eigenvalue weighted by molar-refractivity contribution is 5.85. The lowest BCUT2D eigenvalue weighted by Gasteiger charge is -2.07. The Bertz CT molecular complexity index is 600. The highest BCUT2D eigenvalue weighted by Gasteiger charge is 2.04. The third kappa shape index (κ3) is 3.31. The summed E-state index contributed by atoms with van der Waals surface area (Å²) in [5, 5.41) is 8.64. The van der Waals surface area contributed by atoms with Crippen molar-refractivity contribution in [3.63, 3.8) is 0 Å². The zero-order valence-electron chi connectivity index (χ0n) is 10.8. The second-order valence-electron chi connectivity index (χ2n) is 4.23. The molecular weight excluding hydrogens is 240 g/mol. The molecular formula is C15H16N2O2. The molecule has 2 rings (SSSR count). The third-order valence-electron chi connectivity index (χ3n) is 2.76. The molecule has 0 bridgehead atoms. The zero-order chi connectivity index (χ0) is 13.7. The van der Waals surface area contributed by atoms with E-state index in [1.807, 2.05) is 35.0 Å². The largest absolute Gasteiger partial charge is 0.478 e. The summed E-state index contributed by atoms with van der Waals surface area (Å²) in [5.41, 5.74) is 1.85. The summed E-state index contributed by atoms with van der Waals surface area (Å²) < 4.78 is 2.03. The number of aryl methyl sites for hydroxylation is 1. The van der Waals surface area contributed by atoms with Crippen molar-refractivity contribution in [3.05, 3.63) is 54.1 Å². The molecule has 0 aliphatic rings. The van der Waals surface area contributed by atoms with Gasteiger partial charge in [0.25, 0.3) is 0 Å². The van der Waals surface area contributed by atoms with Crippen LogP contribution < -0.4 is 0 Å². The van der Waals surface area contributed by atoms with Gasteiger partial charge in [-0.25, -0.2) is 9.78 Å². The SMILES string of the molecule is CCCc1nccn1-c1cccc(/C=C/C(=O)O)c1. The standard InChI is InChI=1S/C15H16N2O2/c1-2-4-14-16-9-10-17(14)13-6-3-5-12(11-13)7-8-15(18)19/h3,5-11H,2,4H2,1H3,(H,18,19)/b8-7+. The lowest BCUT2D eigenvalue weighted by molar-refractivity contribution is -0.131. The number of imidazole rings is 1. The Hall–Kier alpha value is -2.36. The van der Waals surface area contributed by atoms with Gasteiger partial charge in [-0.15, -0.1) is 0 Å². The average molecular weight is 256 g/mol. The van der Waals surface area contributed by atoms with Crippen LogP contribution in [0.4, 0.5) is 0 Å². The Labute approximate surface area is 112 Å². The number of carboxylic acid groups (broad SMARTS) is 1. The molecule has 98 valence electrons. The van der Waals surface area contributed by atoms with Crippen molar-refractivity contribution in [1.82, 2.24) is 9.55 Å². The van der Waals surface area contributed by atoms with Crippen LogP contribution in [-0.2, 0) is 11.2 Å².